The van der Waals surface area contributed by atoms with Gasteiger partial charge in [0.15, 0.2) is 15.9 Å². The summed E-state index contributed by atoms with van der Waals surface area (Å²) in [6.45, 7) is 1.91. The van der Waals surface area contributed by atoms with Crippen LogP contribution >= 0.6 is 0 Å². The lowest BCUT2D eigenvalue weighted by Gasteiger charge is -2.27. The first-order valence-corrected chi connectivity index (χ1v) is 9.98. The first-order valence-electron chi connectivity index (χ1n) is 8.08. The second kappa shape index (κ2) is 6.52. The minimum absolute atomic E-state index is 0.0871. The number of carbonyl (C=O) groups is 1. The molecule has 1 amide bonds. The third-order valence-electron chi connectivity index (χ3n) is 4.64. The molecule has 2 aromatic rings. The van der Waals surface area contributed by atoms with Crippen LogP contribution in [0, 0.1) is 0 Å². The van der Waals surface area contributed by atoms with E-state index in [-0.39, 0.29) is 16.8 Å². The highest BCUT2D eigenvalue weighted by Gasteiger charge is 2.32. The number of hydrogen-bond acceptors (Lipinski definition) is 4. The van der Waals surface area contributed by atoms with Crippen LogP contribution in [0.25, 0.3) is 0 Å². The standard InChI is InChI=1S/C19H21NO4S/c1-13(14-8-10-16(11-9-14)25(3,22)23)20(2)19(21)18-12-15-6-4-5-7-17(15)24-18/h4-11,13,18H,12H2,1-3H3. The van der Waals surface area contributed by atoms with Gasteiger partial charge in [-0.2, -0.15) is 0 Å². The number of hydrogen-bond donors (Lipinski definition) is 0. The van der Waals surface area contributed by atoms with Gasteiger partial charge in [0.2, 0.25) is 0 Å². The molecule has 0 aromatic heterocycles. The predicted molar refractivity (Wildman–Crippen MR) is 95.3 cm³/mol. The number of amides is 1. The van der Waals surface area contributed by atoms with Gasteiger partial charge in [0, 0.05) is 19.7 Å². The monoisotopic (exact) mass is 359 g/mol. The van der Waals surface area contributed by atoms with Gasteiger partial charge in [-0.05, 0) is 36.2 Å². The molecule has 0 radical (unpaired) electrons. The van der Waals surface area contributed by atoms with Crippen molar-refractivity contribution in [1.29, 1.82) is 0 Å². The third kappa shape index (κ3) is 3.54. The van der Waals surface area contributed by atoms with Crippen molar-refractivity contribution in [2.45, 2.75) is 30.4 Å². The van der Waals surface area contributed by atoms with Crippen LogP contribution in [0.3, 0.4) is 0 Å². The molecule has 1 heterocycles. The number of fused-ring (bicyclic) bond motifs is 1. The molecule has 3 rings (SSSR count). The van der Waals surface area contributed by atoms with Crippen LogP contribution in [0.2, 0.25) is 0 Å². The van der Waals surface area contributed by atoms with E-state index in [9.17, 15) is 13.2 Å². The smallest absolute Gasteiger partial charge is 0.264 e. The van der Waals surface area contributed by atoms with Gasteiger partial charge < -0.3 is 9.64 Å². The van der Waals surface area contributed by atoms with Gasteiger partial charge in [0.25, 0.3) is 5.91 Å². The summed E-state index contributed by atoms with van der Waals surface area (Å²) in [6.07, 6.45) is 1.23. The second-order valence-electron chi connectivity index (χ2n) is 6.38. The minimum atomic E-state index is -3.23. The summed E-state index contributed by atoms with van der Waals surface area (Å²) in [5.74, 6) is 0.676. The van der Waals surface area contributed by atoms with E-state index < -0.39 is 15.9 Å². The van der Waals surface area contributed by atoms with Gasteiger partial charge in [-0.1, -0.05) is 30.3 Å². The van der Waals surface area contributed by atoms with Crippen molar-refractivity contribution in [3.63, 3.8) is 0 Å². The summed E-state index contributed by atoms with van der Waals surface area (Å²) < 4.78 is 28.9. The van der Waals surface area contributed by atoms with Crippen LogP contribution < -0.4 is 4.74 Å². The zero-order valence-electron chi connectivity index (χ0n) is 14.5. The molecule has 6 heteroatoms. The number of likely N-dealkylation sites (N-methyl/N-ethyl adjacent to an activating group) is 1. The lowest BCUT2D eigenvalue weighted by Crippen LogP contribution is -2.40. The van der Waals surface area contributed by atoms with Gasteiger partial charge in [-0.15, -0.1) is 0 Å². The molecule has 0 N–H and O–H groups in total. The largest absolute Gasteiger partial charge is 0.480 e. The number of para-hydroxylation sites is 1. The van der Waals surface area contributed by atoms with E-state index in [1.807, 2.05) is 31.2 Å². The fourth-order valence-corrected chi connectivity index (χ4v) is 3.59. The number of nitrogens with zero attached hydrogens (tertiary/aromatic N) is 1. The average molecular weight is 359 g/mol. The molecule has 0 fully saturated rings. The van der Waals surface area contributed by atoms with E-state index in [1.165, 1.54) is 6.26 Å². The molecule has 2 aromatic carbocycles. The fraction of sp³-hybridized carbons (Fsp3) is 0.316. The summed E-state index contributed by atoms with van der Waals surface area (Å²) in [5.41, 5.74) is 1.91. The lowest BCUT2D eigenvalue weighted by atomic mass is 10.1. The Balaban J connectivity index is 1.72. The number of benzene rings is 2. The summed E-state index contributed by atoms with van der Waals surface area (Å²) in [4.78, 5) is 14.7. The quantitative estimate of drug-likeness (QED) is 0.842. The molecule has 0 spiro atoms. The second-order valence-corrected chi connectivity index (χ2v) is 8.40. The Morgan fingerprint density at radius 3 is 2.40 bits per heavy atom. The lowest BCUT2D eigenvalue weighted by molar-refractivity contribution is -0.138. The molecule has 1 aliphatic rings. The highest BCUT2D eigenvalue weighted by molar-refractivity contribution is 7.90. The van der Waals surface area contributed by atoms with E-state index in [0.717, 1.165) is 16.9 Å². The maximum Gasteiger partial charge on any atom is 0.264 e. The fourth-order valence-electron chi connectivity index (χ4n) is 2.95. The molecular formula is C19H21NO4S. The molecule has 25 heavy (non-hydrogen) atoms. The number of rotatable bonds is 4. The van der Waals surface area contributed by atoms with Crippen LogP contribution in [0.15, 0.2) is 53.4 Å². The topological polar surface area (TPSA) is 63.7 Å². The van der Waals surface area contributed by atoms with Gasteiger partial charge in [0.05, 0.1) is 10.9 Å². The van der Waals surface area contributed by atoms with Crippen molar-refractivity contribution in [2.24, 2.45) is 0 Å². The summed E-state index contributed by atoms with van der Waals surface area (Å²) in [6, 6.07) is 14.1. The molecule has 132 valence electrons. The third-order valence-corrected chi connectivity index (χ3v) is 5.77. The minimum Gasteiger partial charge on any atom is -0.480 e. The molecule has 1 aliphatic heterocycles. The highest BCUT2D eigenvalue weighted by Crippen LogP contribution is 2.30. The predicted octanol–water partition coefficient (Wildman–Crippen LogP) is 2.61. The molecular weight excluding hydrogens is 338 g/mol. The van der Waals surface area contributed by atoms with Crippen molar-refractivity contribution in [3.8, 4) is 5.75 Å². The Bertz CT molecular complexity index is 865. The Hall–Kier alpha value is -2.34. The highest BCUT2D eigenvalue weighted by atomic mass is 32.2. The van der Waals surface area contributed by atoms with Crippen molar-refractivity contribution in [3.05, 3.63) is 59.7 Å². The zero-order valence-corrected chi connectivity index (χ0v) is 15.3. The molecule has 2 atom stereocenters. The van der Waals surface area contributed by atoms with Crippen LogP contribution in [0.5, 0.6) is 5.75 Å². The number of ether oxygens (including phenoxy) is 1. The molecule has 0 saturated heterocycles. The Kier molecular flexibility index (Phi) is 4.56. The molecule has 2 unspecified atom stereocenters. The maximum absolute atomic E-state index is 12.8. The molecule has 5 nitrogen and oxygen atoms in total. The van der Waals surface area contributed by atoms with Gasteiger partial charge in [0.1, 0.15) is 5.75 Å². The van der Waals surface area contributed by atoms with Crippen LogP contribution in [-0.4, -0.2) is 38.6 Å². The van der Waals surface area contributed by atoms with Gasteiger partial charge >= 0.3 is 0 Å². The van der Waals surface area contributed by atoms with Crippen LogP contribution in [0.4, 0.5) is 0 Å². The van der Waals surface area contributed by atoms with Crippen molar-refractivity contribution in [1.82, 2.24) is 4.90 Å². The normalized spacial score (nSPS) is 17.5. The van der Waals surface area contributed by atoms with Crippen molar-refractivity contribution < 1.29 is 17.9 Å². The Morgan fingerprint density at radius 1 is 1.16 bits per heavy atom. The Morgan fingerprint density at radius 2 is 1.80 bits per heavy atom. The summed E-state index contributed by atoms with van der Waals surface area (Å²) in [5, 5.41) is 0. The summed E-state index contributed by atoms with van der Waals surface area (Å²) >= 11 is 0. The average Bonchev–Trinajstić information content (AvgIpc) is 3.03. The van der Waals surface area contributed by atoms with E-state index >= 15 is 0 Å². The van der Waals surface area contributed by atoms with E-state index in [4.69, 9.17) is 4.74 Å². The van der Waals surface area contributed by atoms with E-state index in [1.54, 1.807) is 36.2 Å². The van der Waals surface area contributed by atoms with Gasteiger partial charge in [-0.25, -0.2) is 8.42 Å². The van der Waals surface area contributed by atoms with Crippen LogP contribution in [-0.2, 0) is 21.1 Å². The molecule has 0 bridgehead atoms. The first-order chi connectivity index (χ1) is 11.8. The zero-order chi connectivity index (χ0) is 18.2. The Labute approximate surface area is 148 Å². The molecule has 0 aliphatic carbocycles. The SMILES string of the molecule is CC(c1ccc(S(C)(=O)=O)cc1)N(C)C(=O)C1Cc2ccccc2O1. The maximum atomic E-state index is 12.8. The number of carbonyl (C=O) groups excluding carboxylic acids is 1. The van der Waals surface area contributed by atoms with Crippen molar-refractivity contribution in [2.75, 3.05) is 13.3 Å². The van der Waals surface area contributed by atoms with E-state index in [2.05, 4.69) is 0 Å². The van der Waals surface area contributed by atoms with Crippen molar-refractivity contribution >= 4 is 15.7 Å². The first kappa shape index (κ1) is 17.5. The number of sulfone groups is 1. The molecule has 0 saturated carbocycles. The van der Waals surface area contributed by atoms with E-state index in [0.29, 0.717) is 6.42 Å². The summed E-state index contributed by atoms with van der Waals surface area (Å²) in [7, 11) is -1.49. The van der Waals surface area contributed by atoms with Crippen LogP contribution in [0.1, 0.15) is 24.1 Å². The van der Waals surface area contributed by atoms with Gasteiger partial charge in [-0.3, -0.25) is 4.79 Å².